The summed E-state index contributed by atoms with van der Waals surface area (Å²) < 4.78 is 11.7. The van der Waals surface area contributed by atoms with Crippen LogP contribution in [-0.2, 0) is 20.7 Å². The fourth-order valence-corrected chi connectivity index (χ4v) is 3.88. The lowest BCUT2D eigenvalue weighted by atomic mass is 9.58. The van der Waals surface area contributed by atoms with Gasteiger partial charge in [0.2, 0.25) is 0 Å². The predicted octanol–water partition coefficient (Wildman–Crippen LogP) is 4.24. The number of carbonyl (C=O) groups excluding carboxylic acids is 2. The molecule has 0 saturated carbocycles. The van der Waals surface area contributed by atoms with Crippen LogP contribution in [0, 0.1) is 18.3 Å². The molecule has 1 aromatic rings. The van der Waals surface area contributed by atoms with Crippen LogP contribution in [0.3, 0.4) is 0 Å². The van der Waals surface area contributed by atoms with E-state index >= 15 is 0 Å². The fourth-order valence-electron chi connectivity index (χ4n) is 3.88. The van der Waals surface area contributed by atoms with Gasteiger partial charge in [-0.2, -0.15) is 0 Å². The van der Waals surface area contributed by atoms with E-state index in [0.29, 0.717) is 18.4 Å². The Bertz CT molecular complexity index is 765. The number of hydrogen-bond acceptors (Lipinski definition) is 4. The van der Waals surface area contributed by atoms with Gasteiger partial charge in [-0.05, 0) is 43.9 Å². The Kier molecular flexibility index (Phi) is 4.02. The van der Waals surface area contributed by atoms with E-state index in [1.54, 1.807) is 25.3 Å². The van der Waals surface area contributed by atoms with Gasteiger partial charge in [0, 0.05) is 29.4 Å². The van der Waals surface area contributed by atoms with E-state index in [2.05, 4.69) is 13.8 Å². The number of rotatable bonds is 2. The van der Waals surface area contributed by atoms with E-state index in [0.717, 1.165) is 22.5 Å². The Labute approximate surface area is 142 Å². The number of hydrogen-bond donors (Lipinski definition) is 0. The van der Waals surface area contributed by atoms with Gasteiger partial charge in [0.15, 0.2) is 5.78 Å². The molecule has 0 unspecified atom stereocenters. The lowest BCUT2D eigenvalue weighted by molar-refractivity contribution is -0.153. The van der Waals surface area contributed by atoms with Crippen molar-refractivity contribution >= 4 is 11.8 Å². The van der Waals surface area contributed by atoms with Gasteiger partial charge < -0.3 is 9.15 Å². The third-order valence-electron chi connectivity index (χ3n) is 5.80. The number of ether oxygens (including phenoxy) is 1. The second-order valence-corrected chi connectivity index (χ2v) is 7.21. The number of carbonyl (C=O) groups is 2. The molecule has 0 N–H and O–H groups in total. The smallest absolute Gasteiger partial charge is 0.334 e. The minimum absolute atomic E-state index is 0.0937. The van der Waals surface area contributed by atoms with Gasteiger partial charge in [0.1, 0.15) is 11.9 Å². The summed E-state index contributed by atoms with van der Waals surface area (Å²) in [6, 6.07) is 0. The van der Waals surface area contributed by atoms with Crippen molar-refractivity contribution < 1.29 is 18.7 Å². The van der Waals surface area contributed by atoms with E-state index in [1.807, 2.05) is 13.8 Å². The molecule has 1 aromatic heterocycles. The standard InChI is InChI=1S/C20H24O4/c1-6-11(2)19(22)24-18-17-12(3)10-23-16(17)9-14-8-15(21)7-13(4)20(14,18)5/h6,8,10,13,18H,7,9H2,1-5H3/b11-6-/t13-,18+,20+/m0/s1. The number of fused-ring (bicyclic) bond motifs is 2. The average Bonchev–Trinajstić information content (AvgIpc) is 2.89. The maximum atomic E-state index is 12.5. The minimum Gasteiger partial charge on any atom is -0.468 e. The molecule has 1 heterocycles. The number of aryl methyl sites for hydroxylation is 1. The molecule has 0 aliphatic heterocycles. The van der Waals surface area contributed by atoms with Crippen molar-refractivity contribution in [1.82, 2.24) is 0 Å². The van der Waals surface area contributed by atoms with Crippen molar-refractivity contribution in [2.75, 3.05) is 0 Å². The molecule has 0 aromatic carbocycles. The van der Waals surface area contributed by atoms with Crippen LogP contribution < -0.4 is 0 Å². The van der Waals surface area contributed by atoms with E-state index in [4.69, 9.17) is 9.15 Å². The molecule has 0 fully saturated rings. The number of esters is 1. The Balaban J connectivity index is 2.14. The second-order valence-electron chi connectivity index (χ2n) is 7.21. The summed E-state index contributed by atoms with van der Waals surface area (Å²) >= 11 is 0. The first-order valence-corrected chi connectivity index (χ1v) is 8.43. The molecule has 0 saturated heterocycles. The van der Waals surface area contributed by atoms with Gasteiger partial charge in [-0.3, -0.25) is 4.79 Å². The van der Waals surface area contributed by atoms with Crippen LogP contribution in [0.1, 0.15) is 57.1 Å². The van der Waals surface area contributed by atoms with Gasteiger partial charge in [0.25, 0.3) is 0 Å². The molecule has 0 spiro atoms. The summed E-state index contributed by atoms with van der Waals surface area (Å²) in [5.41, 5.74) is 3.15. The van der Waals surface area contributed by atoms with Gasteiger partial charge >= 0.3 is 5.97 Å². The molecule has 3 rings (SSSR count). The zero-order chi connectivity index (χ0) is 17.6. The van der Waals surface area contributed by atoms with Crippen LogP contribution in [0.2, 0.25) is 0 Å². The molecular formula is C20H24O4. The average molecular weight is 328 g/mol. The van der Waals surface area contributed by atoms with Gasteiger partial charge in [-0.25, -0.2) is 4.79 Å². The largest absolute Gasteiger partial charge is 0.468 e. The molecule has 4 nitrogen and oxygen atoms in total. The van der Waals surface area contributed by atoms with Crippen molar-refractivity contribution in [2.24, 2.45) is 11.3 Å². The highest BCUT2D eigenvalue weighted by Gasteiger charge is 2.52. The van der Waals surface area contributed by atoms with Crippen molar-refractivity contribution in [2.45, 2.75) is 53.6 Å². The summed E-state index contributed by atoms with van der Waals surface area (Å²) in [5.74, 6) is 0.710. The fraction of sp³-hybridized carbons (Fsp3) is 0.500. The van der Waals surface area contributed by atoms with Crippen LogP contribution in [0.5, 0.6) is 0 Å². The monoisotopic (exact) mass is 328 g/mol. The van der Waals surface area contributed by atoms with E-state index in [9.17, 15) is 9.59 Å². The summed E-state index contributed by atoms with van der Waals surface area (Å²) in [6.45, 7) is 9.72. The number of ketones is 1. The van der Waals surface area contributed by atoms with Crippen molar-refractivity contribution in [3.63, 3.8) is 0 Å². The molecule has 2 aliphatic rings. The lowest BCUT2D eigenvalue weighted by Gasteiger charge is -2.48. The molecule has 4 heteroatoms. The summed E-state index contributed by atoms with van der Waals surface area (Å²) in [5, 5.41) is 0. The summed E-state index contributed by atoms with van der Waals surface area (Å²) in [6.07, 6.45) is 5.83. The van der Waals surface area contributed by atoms with E-state index in [-0.39, 0.29) is 23.1 Å². The topological polar surface area (TPSA) is 56.5 Å². The molecule has 2 aliphatic carbocycles. The lowest BCUT2D eigenvalue weighted by Crippen LogP contribution is -2.44. The van der Waals surface area contributed by atoms with Gasteiger partial charge in [-0.1, -0.05) is 19.9 Å². The first kappa shape index (κ1) is 16.7. The first-order chi connectivity index (χ1) is 11.3. The van der Waals surface area contributed by atoms with E-state index in [1.165, 1.54) is 0 Å². The van der Waals surface area contributed by atoms with Crippen LogP contribution >= 0.6 is 0 Å². The number of furan rings is 1. The Morgan fingerprint density at radius 2 is 2.17 bits per heavy atom. The molecule has 24 heavy (non-hydrogen) atoms. The van der Waals surface area contributed by atoms with E-state index < -0.39 is 6.10 Å². The van der Waals surface area contributed by atoms with Crippen LogP contribution in [0.25, 0.3) is 0 Å². The molecule has 0 radical (unpaired) electrons. The van der Waals surface area contributed by atoms with Crippen LogP contribution in [0.4, 0.5) is 0 Å². The Morgan fingerprint density at radius 3 is 2.83 bits per heavy atom. The quantitative estimate of drug-likeness (QED) is 0.602. The molecule has 3 atom stereocenters. The maximum Gasteiger partial charge on any atom is 0.334 e. The normalized spacial score (nSPS) is 29.6. The van der Waals surface area contributed by atoms with Crippen molar-refractivity contribution in [1.29, 1.82) is 0 Å². The molecule has 0 bridgehead atoms. The summed E-state index contributed by atoms with van der Waals surface area (Å²) in [7, 11) is 0. The minimum atomic E-state index is -0.434. The zero-order valence-electron chi connectivity index (χ0n) is 14.9. The van der Waals surface area contributed by atoms with Crippen LogP contribution in [0.15, 0.2) is 34.0 Å². The van der Waals surface area contributed by atoms with Crippen LogP contribution in [-0.4, -0.2) is 11.8 Å². The summed E-state index contributed by atoms with van der Waals surface area (Å²) in [4.78, 5) is 24.5. The molecular weight excluding hydrogens is 304 g/mol. The Hall–Kier alpha value is -2.10. The van der Waals surface area contributed by atoms with Gasteiger partial charge in [-0.15, -0.1) is 0 Å². The van der Waals surface area contributed by atoms with Crippen molar-refractivity contribution in [3.8, 4) is 0 Å². The highest BCUT2D eigenvalue weighted by atomic mass is 16.5. The predicted molar refractivity (Wildman–Crippen MR) is 90.4 cm³/mol. The maximum absolute atomic E-state index is 12.5. The molecule has 0 amide bonds. The first-order valence-electron chi connectivity index (χ1n) is 8.43. The SMILES string of the molecule is C/C=C(/C)C(=O)O[C@@H]1c2c(C)coc2CC2=CC(=O)C[C@H](C)[C@]21C. The Morgan fingerprint density at radius 1 is 1.46 bits per heavy atom. The molecule has 128 valence electrons. The third kappa shape index (κ3) is 2.36. The highest BCUT2D eigenvalue weighted by molar-refractivity contribution is 5.92. The zero-order valence-corrected chi connectivity index (χ0v) is 14.9. The van der Waals surface area contributed by atoms with Gasteiger partial charge in [0.05, 0.1) is 6.26 Å². The number of allylic oxidation sites excluding steroid dienone is 2. The van der Waals surface area contributed by atoms with Crippen molar-refractivity contribution in [3.05, 3.63) is 46.4 Å². The highest BCUT2D eigenvalue weighted by Crippen LogP contribution is 2.57. The second kappa shape index (κ2) is 5.76. The third-order valence-corrected chi connectivity index (χ3v) is 5.80.